The monoisotopic (exact) mass is 382 g/mol. The smallest absolute Gasteiger partial charge is 0.253 e. The lowest BCUT2D eigenvalue weighted by molar-refractivity contribution is 0.0638. The summed E-state index contributed by atoms with van der Waals surface area (Å²) in [6.45, 7) is 6.43. The fourth-order valence-corrected chi connectivity index (χ4v) is 4.10. The normalized spacial score (nSPS) is 15.2. The number of tetrazole rings is 1. The van der Waals surface area contributed by atoms with Crippen LogP contribution in [0.2, 0.25) is 0 Å². The van der Waals surface area contributed by atoms with Crippen LogP contribution in [0.15, 0.2) is 42.0 Å². The van der Waals surface area contributed by atoms with Gasteiger partial charge in [0.05, 0.1) is 5.69 Å². The number of thiophene rings is 1. The molecular weight excluding hydrogens is 360 g/mol. The first-order valence-electron chi connectivity index (χ1n) is 9.09. The van der Waals surface area contributed by atoms with E-state index in [9.17, 15) is 4.79 Å². The van der Waals surface area contributed by atoms with Gasteiger partial charge in [0.1, 0.15) is 6.33 Å². The largest absolute Gasteiger partial charge is 0.336 e. The van der Waals surface area contributed by atoms with Crippen molar-refractivity contribution >= 4 is 17.2 Å². The number of nitrogens with zero attached hydrogens (tertiary/aromatic N) is 6. The van der Waals surface area contributed by atoms with Crippen molar-refractivity contribution in [3.05, 3.63) is 58.0 Å². The van der Waals surface area contributed by atoms with Crippen molar-refractivity contribution < 1.29 is 4.79 Å². The summed E-state index contributed by atoms with van der Waals surface area (Å²) in [4.78, 5) is 18.7. The average Bonchev–Trinajstić information content (AvgIpc) is 3.40. The molecular formula is C19H22N6OS. The van der Waals surface area contributed by atoms with Crippen molar-refractivity contribution in [1.82, 2.24) is 30.0 Å². The van der Waals surface area contributed by atoms with Crippen LogP contribution >= 0.6 is 11.3 Å². The summed E-state index contributed by atoms with van der Waals surface area (Å²) >= 11 is 1.81. The Labute approximate surface area is 162 Å². The summed E-state index contributed by atoms with van der Waals surface area (Å²) < 4.78 is 1.61. The van der Waals surface area contributed by atoms with E-state index in [-0.39, 0.29) is 5.91 Å². The lowest BCUT2D eigenvalue weighted by atomic mass is 10.1. The van der Waals surface area contributed by atoms with Gasteiger partial charge in [0.25, 0.3) is 5.91 Å². The van der Waals surface area contributed by atoms with Crippen LogP contribution in [0.25, 0.3) is 5.69 Å². The molecule has 140 valence electrons. The third-order valence-corrected chi connectivity index (χ3v) is 5.89. The number of carbonyl (C=O) groups is 1. The molecule has 1 saturated heterocycles. The molecule has 0 aliphatic carbocycles. The summed E-state index contributed by atoms with van der Waals surface area (Å²) in [5.41, 5.74) is 2.58. The Bertz CT molecular complexity index is 885. The molecule has 2 aromatic heterocycles. The van der Waals surface area contributed by atoms with E-state index in [1.165, 1.54) is 4.88 Å². The standard InChI is InChI=1S/C19H22N6OS/c1-15-13-16(4-5-18(15)25-14-20-21-22-25)19(26)24-10-8-23(9-11-24)7-6-17-3-2-12-27-17/h2-5,12-14H,6-11H2,1H3. The SMILES string of the molecule is Cc1cc(C(=O)N2CCN(CCc3cccs3)CC2)ccc1-n1cnnn1. The zero-order valence-corrected chi connectivity index (χ0v) is 16.1. The highest BCUT2D eigenvalue weighted by Crippen LogP contribution is 2.17. The van der Waals surface area contributed by atoms with E-state index in [1.54, 1.807) is 11.0 Å². The maximum atomic E-state index is 12.9. The number of aryl methyl sites for hydroxylation is 1. The van der Waals surface area contributed by atoms with Crippen molar-refractivity contribution in [3.8, 4) is 5.69 Å². The molecule has 27 heavy (non-hydrogen) atoms. The van der Waals surface area contributed by atoms with Gasteiger partial charge in [-0.05, 0) is 59.0 Å². The highest BCUT2D eigenvalue weighted by atomic mass is 32.1. The number of hydrogen-bond acceptors (Lipinski definition) is 6. The maximum Gasteiger partial charge on any atom is 0.253 e. The average molecular weight is 382 g/mol. The molecule has 1 amide bonds. The zero-order valence-electron chi connectivity index (χ0n) is 15.3. The van der Waals surface area contributed by atoms with E-state index in [2.05, 4.69) is 37.9 Å². The van der Waals surface area contributed by atoms with Gasteiger partial charge in [-0.2, -0.15) is 0 Å². The van der Waals surface area contributed by atoms with E-state index in [0.29, 0.717) is 0 Å². The first-order chi connectivity index (χ1) is 13.2. The van der Waals surface area contributed by atoms with Crippen LogP contribution in [0.3, 0.4) is 0 Å². The van der Waals surface area contributed by atoms with E-state index < -0.39 is 0 Å². The predicted octanol–water partition coefficient (Wildman–Crippen LogP) is 2.03. The zero-order chi connectivity index (χ0) is 18.6. The van der Waals surface area contributed by atoms with E-state index >= 15 is 0 Å². The maximum absolute atomic E-state index is 12.9. The molecule has 0 saturated carbocycles. The fourth-order valence-electron chi connectivity index (χ4n) is 3.40. The van der Waals surface area contributed by atoms with Gasteiger partial charge in [0.15, 0.2) is 0 Å². The summed E-state index contributed by atoms with van der Waals surface area (Å²) in [7, 11) is 0. The summed E-state index contributed by atoms with van der Waals surface area (Å²) in [5, 5.41) is 13.4. The molecule has 0 atom stereocenters. The fraction of sp³-hybridized carbons (Fsp3) is 0.368. The molecule has 1 aromatic carbocycles. The van der Waals surface area contributed by atoms with Crippen LogP contribution in [0.1, 0.15) is 20.8 Å². The minimum Gasteiger partial charge on any atom is -0.336 e. The molecule has 4 rings (SSSR count). The van der Waals surface area contributed by atoms with Crippen LogP contribution < -0.4 is 0 Å². The minimum absolute atomic E-state index is 0.0965. The number of aromatic nitrogens is 4. The first kappa shape index (κ1) is 17.8. The van der Waals surface area contributed by atoms with Crippen LogP contribution in [0, 0.1) is 6.92 Å². The highest BCUT2D eigenvalue weighted by molar-refractivity contribution is 7.09. The van der Waals surface area contributed by atoms with E-state index in [1.807, 2.05) is 41.4 Å². The van der Waals surface area contributed by atoms with Crippen LogP contribution in [-0.2, 0) is 6.42 Å². The Kier molecular flexibility index (Phi) is 5.26. The quantitative estimate of drug-likeness (QED) is 0.675. The third-order valence-electron chi connectivity index (χ3n) is 4.95. The van der Waals surface area contributed by atoms with Crippen LogP contribution in [-0.4, -0.2) is 68.6 Å². The number of benzene rings is 1. The van der Waals surface area contributed by atoms with Crippen molar-refractivity contribution in [2.75, 3.05) is 32.7 Å². The Morgan fingerprint density at radius 3 is 2.70 bits per heavy atom. The van der Waals surface area contributed by atoms with Gasteiger partial charge < -0.3 is 4.90 Å². The lowest BCUT2D eigenvalue weighted by Gasteiger charge is -2.34. The van der Waals surface area contributed by atoms with E-state index in [4.69, 9.17) is 0 Å². The Morgan fingerprint density at radius 2 is 2.04 bits per heavy atom. The second kappa shape index (κ2) is 7.98. The van der Waals surface area contributed by atoms with Crippen LogP contribution in [0.4, 0.5) is 0 Å². The summed E-state index contributed by atoms with van der Waals surface area (Å²) in [6.07, 6.45) is 2.64. The van der Waals surface area contributed by atoms with Gasteiger partial charge in [-0.15, -0.1) is 16.4 Å². The van der Waals surface area contributed by atoms with Gasteiger partial charge in [-0.25, -0.2) is 4.68 Å². The molecule has 1 aliphatic heterocycles. The second-order valence-corrected chi connectivity index (χ2v) is 7.75. The summed E-state index contributed by atoms with van der Waals surface area (Å²) in [6, 6.07) is 9.96. The molecule has 0 unspecified atom stereocenters. The molecule has 3 heterocycles. The number of hydrogen-bond donors (Lipinski definition) is 0. The molecule has 8 heteroatoms. The molecule has 0 N–H and O–H groups in total. The van der Waals surface area contributed by atoms with Crippen molar-refractivity contribution in [3.63, 3.8) is 0 Å². The topological polar surface area (TPSA) is 67.2 Å². The second-order valence-electron chi connectivity index (χ2n) is 6.72. The number of piperazine rings is 1. The Morgan fingerprint density at radius 1 is 1.19 bits per heavy atom. The molecule has 0 bridgehead atoms. The molecule has 1 fully saturated rings. The molecule has 1 aliphatic rings. The number of carbonyl (C=O) groups excluding carboxylic acids is 1. The lowest BCUT2D eigenvalue weighted by Crippen LogP contribution is -2.49. The van der Waals surface area contributed by atoms with Crippen molar-refractivity contribution in [2.45, 2.75) is 13.3 Å². The van der Waals surface area contributed by atoms with Crippen LogP contribution in [0.5, 0.6) is 0 Å². The minimum atomic E-state index is 0.0965. The van der Waals surface area contributed by atoms with Gasteiger partial charge >= 0.3 is 0 Å². The third kappa shape index (κ3) is 4.06. The first-order valence-corrected chi connectivity index (χ1v) is 9.97. The summed E-state index contributed by atoms with van der Waals surface area (Å²) in [5.74, 6) is 0.0965. The van der Waals surface area contributed by atoms with Gasteiger partial charge in [0, 0.05) is 43.2 Å². The van der Waals surface area contributed by atoms with Gasteiger partial charge in [-0.3, -0.25) is 9.69 Å². The van der Waals surface area contributed by atoms with Gasteiger partial charge in [-0.1, -0.05) is 6.07 Å². The van der Waals surface area contributed by atoms with Crippen molar-refractivity contribution in [2.24, 2.45) is 0 Å². The number of rotatable bonds is 5. The highest BCUT2D eigenvalue weighted by Gasteiger charge is 2.22. The number of amides is 1. The van der Waals surface area contributed by atoms with Gasteiger partial charge in [0.2, 0.25) is 0 Å². The van der Waals surface area contributed by atoms with E-state index in [0.717, 1.165) is 56.0 Å². The molecule has 3 aromatic rings. The molecule has 0 radical (unpaired) electrons. The van der Waals surface area contributed by atoms with Crippen molar-refractivity contribution in [1.29, 1.82) is 0 Å². The predicted molar refractivity (Wildman–Crippen MR) is 104 cm³/mol. The Hall–Kier alpha value is -2.58. The Balaban J connectivity index is 1.34. The molecule has 7 nitrogen and oxygen atoms in total. The molecule has 0 spiro atoms.